The van der Waals surface area contributed by atoms with Crippen LogP contribution in [0, 0.1) is 6.92 Å². The third-order valence-electron chi connectivity index (χ3n) is 3.51. The van der Waals surface area contributed by atoms with E-state index in [0.29, 0.717) is 11.1 Å². The van der Waals surface area contributed by atoms with Crippen LogP contribution in [0.25, 0.3) is 11.0 Å². The van der Waals surface area contributed by atoms with E-state index in [1.54, 1.807) is 36.4 Å². The van der Waals surface area contributed by atoms with Crippen molar-refractivity contribution >= 4 is 28.5 Å². The van der Waals surface area contributed by atoms with Gasteiger partial charge in [0, 0.05) is 11.8 Å². The Balaban J connectivity index is 1.65. The van der Waals surface area contributed by atoms with Gasteiger partial charge in [0.2, 0.25) is 5.76 Å². The van der Waals surface area contributed by atoms with Crippen molar-refractivity contribution in [3.8, 4) is 0 Å². The van der Waals surface area contributed by atoms with Crippen LogP contribution in [0.4, 0.5) is 5.69 Å². The fourth-order valence-electron chi connectivity index (χ4n) is 2.24. The molecule has 0 unspecified atom stereocenters. The van der Waals surface area contributed by atoms with Gasteiger partial charge in [-0.3, -0.25) is 9.59 Å². The molecule has 0 fully saturated rings. The average Bonchev–Trinajstić information content (AvgIpc) is 2.61. The maximum absolute atomic E-state index is 12.0. The second kappa shape index (κ2) is 7.00. The number of benzene rings is 2. The Hall–Kier alpha value is -3.41. The first kappa shape index (κ1) is 16.4. The highest BCUT2D eigenvalue weighted by molar-refractivity contribution is 5.95. The van der Waals surface area contributed by atoms with Crippen molar-refractivity contribution in [2.75, 3.05) is 11.9 Å². The Morgan fingerprint density at radius 2 is 1.80 bits per heavy atom. The van der Waals surface area contributed by atoms with E-state index in [-0.39, 0.29) is 16.8 Å². The summed E-state index contributed by atoms with van der Waals surface area (Å²) in [6.45, 7) is 1.45. The quantitative estimate of drug-likeness (QED) is 0.740. The van der Waals surface area contributed by atoms with Crippen molar-refractivity contribution in [1.29, 1.82) is 0 Å². The Morgan fingerprint density at radius 1 is 1.08 bits per heavy atom. The van der Waals surface area contributed by atoms with E-state index in [4.69, 9.17) is 9.15 Å². The fraction of sp³-hybridized carbons (Fsp3) is 0.105. The second-order valence-corrected chi connectivity index (χ2v) is 5.46. The molecule has 126 valence electrons. The number of hydrogen-bond donors (Lipinski definition) is 1. The number of carbonyl (C=O) groups excluding carboxylic acids is 2. The number of fused-ring (bicyclic) bond motifs is 1. The fourth-order valence-corrected chi connectivity index (χ4v) is 2.24. The highest BCUT2D eigenvalue weighted by atomic mass is 16.5. The first-order chi connectivity index (χ1) is 12.0. The van der Waals surface area contributed by atoms with Crippen LogP contribution in [0.1, 0.15) is 16.1 Å². The van der Waals surface area contributed by atoms with Gasteiger partial charge in [-0.05, 0) is 31.2 Å². The molecule has 1 N–H and O–H groups in total. The number of ether oxygens (including phenoxy) is 1. The monoisotopic (exact) mass is 337 g/mol. The molecular formula is C19H15NO5. The van der Waals surface area contributed by atoms with Gasteiger partial charge in [-0.2, -0.15) is 0 Å². The molecule has 0 spiro atoms. The van der Waals surface area contributed by atoms with Gasteiger partial charge in [-0.15, -0.1) is 0 Å². The van der Waals surface area contributed by atoms with Crippen LogP contribution >= 0.6 is 0 Å². The number of amides is 1. The first-order valence-corrected chi connectivity index (χ1v) is 7.59. The minimum absolute atomic E-state index is 0.244. The maximum Gasteiger partial charge on any atom is 0.374 e. The molecule has 1 heterocycles. The smallest absolute Gasteiger partial charge is 0.374 e. The first-order valence-electron chi connectivity index (χ1n) is 7.59. The van der Waals surface area contributed by atoms with Gasteiger partial charge >= 0.3 is 5.97 Å². The Kier molecular flexibility index (Phi) is 4.61. The summed E-state index contributed by atoms with van der Waals surface area (Å²) in [4.78, 5) is 35.8. The molecule has 25 heavy (non-hydrogen) atoms. The summed E-state index contributed by atoms with van der Waals surface area (Å²) in [6.07, 6.45) is 0. The molecule has 3 rings (SSSR count). The van der Waals surface area contributed by atoms with Crippen molar-refractivity contribution in [1.82, 2.24) is 0 Å². The van der Waals surface area contributed by atoms with Crippen LogP contribution in [-0.2, 0) is 9.53 Å². The Morgan fingerprint density at radius 3 is 2.56 bits per heavy atom. The molecule has 0 atom stereocenters. The number of para-hydroxylation sites is 1. The van der Waals surface area contributed by atoms with E-state index in [2.05, 4.69) is 5.32 Å². The van der Waals surface area contributed by atoms with E-state index >= 15 is 0 Å². The van der Waals surface area contributed by atoms with Crippen LogP contribution in [-0.4, -0.2) is 18.5 Å². The summed E-state index contributed by atoms with van der Waals surface area (Å²) >= 11 is 0. The number of hydrogen-bond acceptors (Lipinski definition) is 5. The molecule has 0 saturated carbocycles. The molecule has 6 heteroatoms. The predicted octanol–water partition coefficient (Wildman–Crippen LogP) is 2.90. The van der Waals surface area contributed by atoms with Gasteiger partial charge in [-0.25, -0.2) is 4.79 Å². The number of esters is 1. The molecule has 2 aromatic carbocycles. The zero-order valence-corrected chi connectivity index (χ0v) is 13.4. The lowest BCUT2D eigenvalue weighted by atomic mass is 10.2. The van der Waals surface area contributed by atoms with Crippen LogP contribution in [0.5, 0.6) is 0 Å². The number of rotatable bonds is 4. The van der Waals surface area contributed by atoms with Gasteiger partial charge in [0.25, 0.3) is 5.91 Å². The van der Waals surface area contributed by atoms with E-state index in [0.717, 1.165) is 11.6 Å². The second-order valence-electron chi connectivity index (χ2n) is 5.46. The highest BCUT2D eigenvalue weighted by Crippen LogP contribution is 2.12. The zero-order chi connectivity index (χ0) is 17.8. The number of carbonyl (C=O) groups is 2. The van der Waals surface area contributed by atoms with E-state index in [1.165, 1.54) is 0 Å². The van der Waals surface area contributed by atoms with Gasteiger partial charge in [0.15, 0.2) is 12.0 Å². The van der Waals surface area contributed by atoms with Crippen molar-refractivity contribution < 1.29 is 18.7 Å². The van der Waals surface area contributed by atoms with Gasteiger partial charge in [0.1, 0.15) is 5.58 Å². The van der Waals surface area contributed by atoms with Crippen LogP contribution < -0.4 is 10.7 Å². The summed E-state index contributed by atoms with van der Waals surface area (Å²) in [5.74, 6) is -1.60. The number of nitrogens with one attached hydrogen (secondary N) is 1. The average molecular weight is 337 g/mol. The van der Waals surface area contributed by atoms with Gasteiger partial charge in [0.05, 0.1) is 5.39 Å². The van der Waals surface area contributed by atoms with Crippen LogP contribution in [0.2, 0.25) is 0 Å². The molecule has 0 aliphatic rings. The molecule has 0 aliphatic heterocycles. The lowest BCUT2D eigenvalue weighted by molar-refractivity contribution is -0.119. The number of anilines is 1. The standard InChI is InChI=1S/C19H15NO5/c1-12-6-8-13(9-7-12)20-18(22)11-24-19(23)17-10-15(21)14-4-2-3-5-16(14)25-17/h2-10H,11H2,1H3,(H,20,22). The Labute approximate surface area is 143 Å². The minimum atomic E-state index is -0.873. The minimum Gasteiger partial charge on any atom is -0.450 e. The summed E-state index contributed by atoms with van der Waals surface area (Å²) in [5.41, 5.74) is 1.60. The largest absolute Gasteiger partial charge is 0.450 e. The molecule has 0 radical (unpaired) electrons. The predicted molar refractivity (Wildman–Crippen MR) is 92.6 cm³/mol. The third kappa shape index (κ3) is 3.92. The summed E-state index contributed by atoms with van der Waals surface area (Å²) in [5, 5.41) is 2.98. The molecular weight excluding hydrogens is 322 g/mol. The maximum atomic E-state index is 12.0. The summed E-state index contributed by atoms with van der Waals surface area (Å²) in [7, 11) is 0. The summed E-state index contributed by atoms with van der Waals surface area (Å²) < 4.78 is 10.3. The molecule has 0 aliphatic carbocycles. The SMILES string of the molecule is Cc1ccc(NC(=O)COC(=O)c2cc(=O)c3ccccc3o2)cc1. The van der Waals surface area contributed by atoms with Crippen molar-refractivity contribution in [2.45, 2.75) is 6.92 Å². The van der Waals surface area contributed by atoms with E-state index in [1.807, 2.05) is 19.1 Å². The third-order valence-corrected chi connectivity index (χ3v) is 3.51. The van der Waals surface area contributed by atoms with Crippen molar-refractivity contribution in [3.63, 3.8) is 0 Å². The molecule has 1 aromatic heterocycles. The van der Waals surface area contributed by atoms with E-state index < -0.39 is 18.5 Å². The van der Waals surface area contributed by atoms with Crippen LogP contribution in [0.3, 0.4) is 0 Å². The highest BCUT2D eigenvalue weighted by Gasteiger charge is 2.15. The molecule has 6 nitrogen and oxygen atoms in total. The summed E-state index contributed by atoms with van der Waals surface area (Å²) in [6, 6.07) is 14.8. The van der Waals surface area contributed by atoms with Crippen LogP contribution in [0.15, 0.2) is 63.8 Å². The van der Waals surface area contributed by atoms with Crippen molar-refractivity contribution in [3.05, 3.63) is 76.1 Å². The molecule has 0 saturated heterocycles. The van der Waals surface area contributed by atoms with Crippen molar-refractivity contribution in [2.24, 2.45) is 0 Å². The zero-order valence-electron chi connectivity index (χ0n) is 13.4. The Bertz CT molecular complexity index is 989. The normalized spacial score (nSPS) is 10.4. The molecule has 1 amide bonds. The lowest BCUT2D eigenvalue weighted by Gasteiger charge is -2.07. The lowest BCUT2D eigenvalue weighted by Crippen LogP contribution is -2.21. The topological polar surface area (TPSA) is 85.6 Å². The van der Waals surface area contributed by atoms with Gasteiger partial charge < -0.3 is 14.5 Å². The van der Waals surface area contributed by atoms with E-state index in [9.17, 15) is 14.4 Å². The molecule has 0 bridgehead atoms. The molecule has 3 aromatic rings. The number of aryl methyl sites for hydroxylation is 1. The van der Waals surface area contributed by atoms with Gasteiger partial charge in [-0.1, -0.05) is 29.8 Å².